The third kappa shape index (κ3) is 9.41. The summed E-state index contributed by atoms with van der Waals surface area (Å²) in [7, 11) is 3.39. The van der Waals surface area contributed by atoms with E-state index in [4.69, 9.17) is 9.47 Å². The minimum atomic E-state index is -0.488. The third-order valence-corrected chi connectivity index (χ3v) is 10.6. The molecule has 3 aromatic carbocycles. The van der Waals surface area contributed by atoms with Gasteiger partial charge in [-0.05, 0) is 72.5 Å². The largest absolute Gasteiger partial charge is 0.496 e. The van der Waals surface area contributed by atoms with Gasteiger partial charge in [0.2, 0.25) is 0 Å². The number of nitrogens with zero attached hydrogens (tertiary/aromatic N) is 8. The van der Waals surface area contributed by atoms with Crippen molar-refractivity contribution < 1.29 is 23.9 Å². The molecule has 1 aromatic heterocycles. The number of rotatable bonds is 14. The van der Waals surface area contributed by atoms with Crippen LogP contribution in [-0.4, -0.2) is 137 Å². The molecule has 4 aromatic rings. The number of likely N-dealkylation sites (tertiary alicyclic amines) is 1. The molecule has 2 fully saturated rings. The van der Waals surface area contributed by atoms with Crippen molar-refractivity contribution in [3.8, 4) is 11.4 Å². The number of urea groups is 1. The quantitative estimate of drug-likeness (QED) is 0.190. The molecular formula is C40H51N9O5. The molecule has 2 saturated heterocycles. The predicted molar refractivity (Wildman–Crippen MR) is 203 cm³/mol. The lowest BCUT2D eigenvalue weighted by Crippen LogP contribution is -2.59. The van der Waals surface area contributed by atoms with Gasteiger partial charge in [-0.25, -0.2) is 9.48 Å². The fourth-order valence-electron chi connectivity index (χ4n) is 7.51. The topological polar surface area (TPSA) is 138 Å². The molecule has 286 valence electrons. The lowest BCUT2D eigenvalue weighted by molar-refractivity contribution is -0.144. The number of carbonyl (C=O) groups is 3. The van der Waals surface area contributed by atoms with Crippen LogP contribution in [-0.2, 0) is 15.1 Å². The summed E-state index contributed by atoms with van der Waals surface area (Å²) in [6.07, 6.45) is 3.89. The van der Waals surface area contributed by atoms with Gasteiger partial charge in [0, 0.05) is 58.8 Å². The Labute approximate surface area is 317 Å². The van der Waals surface area contributed by atoms with Gasteiger partial charge >= 0.3 is 12.0 Å². The maximum Gasteiger partial charge on any atom is 0.320 e. The Morgan fingerprint density at radius 2 is 1.61 bits per heavy atom. The van der Waals surface area contributed by atoms with Gasteiger partial charge in [-0.15, -0.1) is 5.10 Å². The van der Waals surface area contributed by atoms with Gasteiger partial charge in [-0.1, -0.05) is 60.7 Å². The number of benzene rings is 3. The summed E-state index contributed by atoms with van der Waals surface area (Å²) in [5.41, 5.74) is 2.91. The van der Waals surface area contributed by atoms with Crippen molar-refractivity contribution in [3.63, 3.8) is 0 Å². The highest BCUT2D eigenvalue weighted by Gasteiger charge is 2.39. The summed E-state index contributed by atoms with van der Waals surface area (Å²) in [5.74, 6) is 0.199. The average Bonchev–Trinajstić information content (AvgIpc) is 3.76. The monoisotopic (exact) mass is 737 g/mol. The smallest absolute Gasteiger partial charge is 0.320 e. The standard InChI is InChI=1S/C40H51N9O5/c1-4-54-37(50)29-47-23-25-48(26-24-47)39(52)42-40(33-13-9-6-10-14-33)18-21-46(22-19-40)20-17-32(31-11-7-5-8-12-31)28-45(2)38(51)35-27-34(15-16-36(35)53-3)49-30-41-43-44-49/h5-16,27,30,32H,4,17-26,28-29H2,1-3H3,(H,42,52). The Hall–Kier alpha value is -5.34. The molecule has 2 aliphatic rings. The van der Waals surface area contributed by atoms with E-state index < -0.39 is 5.54 Å². The molecule has 0 aliphatic carbocycles. The first-order chi connectivity index (χ1) is 26.3. The number of hydrogen-bond donors (Lipinski definition) is 1. The molecule has 6 rings (SSSR count). The number of piperidine rings is 1. The number of esters is 1. The molecule has 0 saturated carbocycles. The number of aromatic nitrogens is 4. The predicted octanol–water partition coefficient (Wildman–Crippen LogP) is 3.80. The van der Waals surface area contributed by atoms with E-state index in [2.05, 4.69) is 50.0 Å². The molecule has 1 unspecified atom stereocenters. The van der Waals surface area contributed by atoms with Gasteiger partial charge in [0.1, 0.15) is 12.1 Å². The Morgan fingerprint density at radius 1 is 0.907 bits per heavy atom. The Bertz CT molecular complexity index is 1810. The van der Waals surface area contributed by atoms with E-state index in [9.17, 15) is 14.4 Å². The minimum Gasteiger partial charge on any atom is -0.496 e. The van der Waals surface area contributed by atoms with Gasteiger partial charge in [-0.3, -0.25) is 14.5 Å². The fourth-order valence-corrected chi connectivity index (χ4v) is 7.51. The van der Waals surface area contributed by atoms with Gasteiger partial charge in [-0.2, -0.15) is 0 Å². The van der Waals surface area contributed by atoms with Crippen LogP contribution in [0.5, 0.6) is 5.75 Å². The molecule has 14 heteroatoms. The zero-order chi connectivity index (χ0) is 37.9. The van der Waals surface area contributed by atoms with Crippen LogP contribution in [0.2, 0.25) is 0 Å². The van der Waals surface area contributed by atoms with Gasteiger partial charge in [0.25, 0.3) is 5.91 Å². The van der Waals surface area contributed by atoms with Crippen molar-refractivity contribution in [1.29, 1.82) is 0 Å². The Kier molecular flexibility index (Phi) is 12.9. The van der Waals surface area contributed by atoms with E-state index in [1.807, 2.05) is 59.3 Å². The normalized spacial score (nSPS) is 16.7. The SMILES string of the molecule is CCOC(=O)CN1CCN(C(=O)NC2(c3ccccc3)CCN(CCC(CN(C)C(=O)c3cc(-n4cnnn4)ccc3OC)c3ccccc3)CC2)CC1. The molecule has 0 radical (unpaired) electrons. The number of likely N-dealkylation sites (N-methyl/N-ethyl adjacent to an activating group) is 1. The number of nitrogens with one attached hydrogen (secondary N) is 1. The Morgan fingerprint density at radius 3 is 2.26 bits per heavy atom. The van der Waals surface area contributed by atoms with E-state index in [0.29, 0.717) is 56.3 Å². The lowest BCUT2D eigenvalue weighted by Gasteiger charge is -2.44. The van der Waals surface area contributed by atoms with Crippen LogP contribution in [0.1, 0.15) is 53.6 Å². The maximum absolute atomic E-state index is 13.9. The number of carbonyl (C=O) groups excluding carboxylic acids is 3. The first kappa shape index (κ1) is 38.4. The summed E-state index contributed by atoms with van der Waals surface area (Å²) >= 11 is 0. The highest BCUT2D eigenvalue weighted by molar-refractivity contribution is 5.97. The van der Waals surface area contributed by atoms with Gasteiger partial charge in [0.15, 0.2) is 0 Å². The summed E-state index contributed by atoms with van der Waals surface area (Å²) < 4.78 is 12.2. The van der Waals surface area contributed by atoms with Crippen LogP contribution in [0.3, 0.4) is 0 Å². The molecular weight excluding hydrogens is 686 g/mol. The highest BCUT2D eigenvalue weighted by Crippen LogP contribution is 2.34. The molecule has 0 bridgehead atoms. The minimum absolute atomic E-state index is 0.0694. The van der Waals surface area contributed by atoms with Crippen LogP contribution in [0.15, 0.2) is 85.2 Å². The zero-order valence-corrected chi connectivity index (χ0v) is 31.5. The van der Waals surface area contributed by atoms with Crippen LogP contribution in [0.25, 0.3) is 5.69 Å². The average molecular weight is 738 g/mol. The van der Waals surface area contributed by atoms with Crippen molar-refractivity contribution >= 4 is 17.9 Å². The van der Waals surface area contributed by atoms with Crippen molar-refractivity contribution in [2.45, 2.75) is 37.6 Å². The van der Waals surface area contributed by atoms with E-state index in [1.54, 1.807) is 31.1 Å². The molecule has 2 aliphatic heterocycles. The molecule has 3 heterocycles. The molecule has 14 nitrogen and oxygen atoms in total. The number of piperazine rings is 1. The fraction of sp³-hybridized carbons (Fsp3) is 0.450. The van der Waals surface area contributed by atoms with Crippen molar-refractivity contribution in [2.24, 2.45) is 0 Å². The summed E-state index contributed by atoms with van der Waals surface area (Å²) in [4.78, 5) is 47.8. The molecule has 1 atom stereocenters. The zero-order valence-electron chi connectivity index (χ0n) is 31.5. The van der Waals surface area contributed by atoms with Crippen molar-refractivity contribution in [2.75, 3.05) is 79.7 Å². The van der Waals surface area contributed by atoms with Gasteiger partial charge in [0.05, 0.1) is 37.1 Å². The first-order valence-electron chi connectivity index (χ1n) is 18.7. The van der Waals surface area contributed by atoms with E-state index in [-0.39, 0.29) is 30.4 Å². The van der Waals surface area contributed by atoms with Crippen LogP contribution >= 0.6 is 0 Å². The summed E-state index contributed by atoms with van der Waals surface area (Å²) in [6.45, 7) is 7.78. The summed E-state index contributed by atoms with van der Waals surface area (Å²) in [5, 5.41) is 14.9. The third-order valence-electron chi connectivity index (χ3n) is 10.6. The Balaban J connectivity index is 1.09. The van der Waals surface area contributed by atoms with E-state index in [1.165, 1.54) is 16.6 Å². The van der Waals surface area contributed by atoms with Crippen LogP contribution < -0.4 is 10.1 Å². The second-order valence-electron chi connectivity index (χ2n) is 14.0. The maximum atomic E-state index is 13.9. The molecule has 54 heavy (non-hydrogen) atoms. The van der Waals surface area contributed by atoms with E-state index >= 15 is 0 Å². The van der Waals surface area contributed by atoms with Crippen molar-refractivity contribution in [3.05, 3.63) is 102 Å². The number of amides is 3. The number of methoxy groups -OCH3 is 1. The number of tetrazole rings is 1. The second-order valence-corrected chi connectivity index (χ2v) is 14.0. The van der Waals surface area contributed by atoms with Gasteiger partial charge < -0.3 is 29.5 Å². The number of hydrogen-bond acceptors (Lipinski definition) is 10. The van der Waals surface area contributed by atoms with Crippen LogP contribution in [0, 0.1) is 0 Å². The molecule has 0 spiro atoms. The molecule has 3 amide bonds. The second kappa shape index (κ2) is 18.1. The van der Waals surface area contributed by atoms with Crippen LogP contribution in [0.4, 0.5) is 4.79 Å². The molecule has 1 N–H and O–H groups in total. The van der Waals surface area contributed by atoms with E-state index in [0.717, 1.165) is 44.5 Å². The highest BCUT2D eigenvalue weighted by atomic mass is 16.5. The number of ether oxygens (including phenoxy) is 2. The lowest BCUT2D eigenvalue weighted by atomic mass is 9.80. The summed E-state index contributed by atoms with van der Waals surface area (Å²) in [6, 6.07) is 25.9. The first-order valence-corrected chi connectivity index (χ1v) is 18.7. The van der Waals surface area contributed by atoms with Crippen molar-refractivity contribution in [1.82, 2.24) is 45.1 Å².